The molecule has 364 valence electrons. The van der Waals surface area contributed by atoms with Gasteiger partial charge in [0.1, 0.15) is 16.7 Å². The predicted molar refractivity (Wildman–Crippen MR) is 280 cm³/mol. The summed E-state index contributed by atoms with van der Waals surface area (Å²) in [5.74, 6) is -2.66. The van der Waals surface area contributed by atoms with E-state index in [1.807, 2.05) is 66.5 Å². The van der Waals surface area contributed by atoms with Crippen LogP contribution >= 0.6 is 66.9 Å². The van der Waals surface area contributed by atoms with E-state index in [2.05, 4.69) is 45.7 Å². The van der Waals surface area contributed by atoms with Crippen LogP contribution < -0.4 is 32.0 Å². The molecule has 0 atom stereocenters. The van der Waals surface area contributed by atoms with E-state index in [0.29, 0.717) is 34.5 Å². The second kappa shape index (κ2) is 25.5. The van der Waals surface area contributed by atoms with E-state index in [0.717, 1.165) is 40.9 Å². The molecule has 0 aromatic carbocycles. The van der Waals surface area contributed by atoms with Crippen molar-refractivity contribution in [3.8, 4) is 0 Å². The number of aromatic carboxylic acids is 1. The average Bonchev–Trinajstić information content (AvgIpc) is 4.10. The average molecular weight is 1140 g/mol. The molecule has 0 aliphatic carbocycles. The van der Waals surface area contributed by atoms with Crippen LogP contribution in [0.4, 0.5) is 15.0 Å². The summed E-state index contributed by atoms with van der Waals surface area (Å²) in [5.41, 5.74) is 1.92. The Labute approximate surface area is 428 Å². The number of hydrogen-bond acceptors (Lipinski definition) is 20. The van der Waals surface area contributed by atoms with Gasteiger partial charge in [-0.15, -0.1) is 51.0 Å². The molecule has 0 amide bonds. The van der Waals surface area contributed by atoms with Crippen molar-refractivity contribution in [3.05, 3.63) is 175 Å². The topological polar surface area (TPSA) is 238 Å². The summed E-state index contributed by atoms with van der Waals surface area (Å²) >= 11 is 7.53. The number of thiophene rings is 3. The van der Waals surface area contributed by atoms with Crippen molar-refractivity contribution in [3.63, 3.8) is 0 Å². The Morgan fingerprint density at radius 1 is 0.629 bits per heavy atom. The fourth-order valence-electron chi connectivity index (χ4n) is 6.03. The molecule has 2 N–H and O–H groups in total. The highest BCUT2D eigenvalue weighted by atomic mass is 79.9. The summed E-state index contributed by atoms with van der Waals surface area (Å²) in [7, 11) is 8.07. The Morgan fingerprint density at radius 2 is 1.01 bits per heavy atom. The maximum atomic E-state index is 11.8. The van der Waals surface area contributed by atoms with Crippen molar-refractivity contribution in [2.45, 2.75) is 18.4 Å². The highest BCUT2D eigenvalue weighted by molar-refractivity contribution is 9.08. The van der Waals surface area contributed by atoms with Gasteiger partial charge in [-0.05, 0) is 53.1 Å². The van der Waals surface area contributed by atoms with Crippen LogP contribution in [0, 0.1) is 0 Å². The number of methoxy groups -OCH3 is 2. The fraction of sp³-hybridized carbons (Fsp3) is 0.170. The summed E-state index contributed by atoms with van der Waals surface area (Å²) in [6.45, 7) is 1.32. The number of fused-ring (bicyclic) bond motifs is 3. The minimum atomic E-state index is -1.28. The number of carboxylic acid groups (broad SMARTS) is 1. The Hall–Kier alpha value is -7.05. The number of hydrogen-bond donors (Lipinski definition) is 2. The number of nitrogens with one attached hydrogen (secondary N) is 1. The van der Waals surface area contributed by atoms with Gasteiger partial charge in [-0.2, -0.15) is 0 Å². The summed E-state index contributed by atoms with van der Waals surface area (Å²) in [4.78, 5) is 84.7. The lowest BCUT2D eigenvalue weighted by Crippen LogP contribution is -2.14. The molecule has 9 aromatic rings. The molecule has 70 heavy (non-hydrogen) atoms. The van der Waals surface area contributed by atoms with Gasteiger partial charge in [-0.25, -0.2) is 28.8 Å². The highest BCUT2D eigenvalue weighted by Crippen LogP contribution is 2.34. The lowest BCUT2D eigenvalue weighted by Gasteiger charge is -2.16. The first kappa shape index (κ1) is 53.9. The molecule has 0 fully saturated rings. The van der Waals surface area contributed by atoms with Gasteiger partial charge in [0.15, 0.2) is 16.7 Å². The van der Waals surface area contributed by atoms with Crippen LogP contribution in [0.3, 0.4) is 0 Å². The first-order valence-electron chi connectivity index (χ1n) is 20.2. The molecular weight excluding hydrogens is 1100 g/mol. The van der Waals surface area contributed by atoms with Crippen LogP contribution in [0.2, 0.25) is 0 Å². The van der Waals surface area contributed by atoms with Crippen molar-refractivity contribution in [1.82, 2.24) is 15.0 Å². The maximum absolute atomic E-state index is 11.8. The van der Waals surface area contributed by atoms with Crippen molar-refractivity contribution in [2.24, 2.45) is 0 Å². The van der Waals surface area contributed by atoms with Crippen LogP contribution in [-0.2, 0) is 27.9 Å². The number of rotatable bonds is 11. The molecule has 0 saturated carbocycles. The van der Waals surface area contributed by atoms with Gasteiger partial charge < -0.3 is 42.9 Å². The molecule has 0 radical (unpaired) electrons. The zero-order chi connectivity index (χ0) is 49.6. The van der Waals surface area contributed by atoms with Gasteiger partial charge in [0.2, 0.25) is 0 Å². The molecule has 18 nitrogen and oxygen atoms in total. The third-order valence-electron chi connectivity index (χ3n) is 9.44. The second-order valence-electron chi connectivity index (χ2n) is 14.3. The summed E-state index contributed by atoms with van der Waals surface area (Å²) < 4.78 is 26.4. The van der Waals surface area contributed by atoms with E-state index in [4.69, 9.17) is 18.4 Å². The Balaban J connectivity index is 0.000000182. The van der Waals surface area contributed by atoms with E-state index >= 15 is 0 Å². The number of halogens is 2. The number of ether oxygens (including phenoxy) is 2. The normalized spacial score (nSPS) is 10.3. The summed E-state index contributed by atoms with van der Waals surface area (Å²) in [6.07, 6.45) is 10.6. The minimum absolute atomic E-state index is 0. The van der Waals surface area contributed by atoms with Gasteiger partial charge in [-0.1, -0.05) is 34.1 Å². The molecule has 0 bridgehead atoms. The molecule has 9 rings (SSSR count). The molecule has 0 aliphatic heterocycles. The van der Waals surface area contributed by atoms with Crippen LogP contribution in [-0.4, -0.2) is 73.3 Å². The zero-order valence-corrected chi connectivity index (χ0v) is 43.4. The number of carbonyl (C=O) groups is 3. The van der Waals surface area contributed by atoms with Crippen LogP contribution in [0.5, 0.6) is 0 Å². The van der Waals surface area contributed by atoms with E-state index in [1.165, 1.54) is 72.0 Å². The Bertz CT molecular complexity index is 3380. The van der Waals surface area contributed by atoms with Crippen LogP contribution in [0.25, 0.3) is 30.8 Å². The zero-order valence-electron chi connectivity index (χ0n) is 37.7. The van der Waals surface area contributed by atoms with Crippen molar-refractivity contribution in [2.75, 3.05) is 50.5 Å². The maximum Gasteiger partial charge on any atom is 0.351 e. The molecule has 0 aliphatic rings. The quantitative estimate of drug-likeness (QED) is 0.0905. The first-order chi connectivity index (χ1) is 33.2. The van der Waals surface area contributed by atoms with Crippen LogP contribution in [0.1, 0.15) is 47.8 Å². The second-order valence-corrected chi connectivity index (χ2v) is 18.0. The molecule has 0 unspecified atom stereocenters. The number of aromatic nitrogens is 3. The van der Waals surface area contributed by atoms with Gasteiger partial charge in [0.05, 0.1) is 43.3 Å². The number of esters is 2. The van der Waals surface area contributed by atoms with Gasteiger partial charge in [0, 0.05) is 94.9 Å². The minimum Gasteiger partial charge on any atom is -0.477 e. The lowest BCUT2D eigenvalue weighted by atomic mass is 10.2. The molecule has 0 saturated heterocycles. The van der Waals surface area contributed by atoms with E-state index in [9.17, 15) is 28.8 Å². The molecule has 9 aromatic heterocycles. The van der Waals surface area contributed by atoms with Gasteiger partial charge >= 0.3 is 34.8 Å². The van der Waals surface area contributed by atoms with Crippen molar-refractivity contribution in [1.29, 1.82) is 0 Å². The highest BCUT2D eigenvalue weighted by Gasteiger charge is 2.19. The number of pyridine rings is 3. The van der Waals surface area contributed by atoms with E-state index in [-0.39, 0.29) is 33.7 Å². The van der Waals surface area contributed by atoms with Crippen LogP contribution in [0.15, 0.2) is 138 Å². The monoisotopic (exact) mass is 1140 g/mol. The SMILES string of the molecule is Br.BrCc1cccnc1.CN(Cc1cccnc1)c1cc2oc(=O)c(C(=O)O)cc2s1.CNc1cc2oc(=O)c(C(=O)OC)cc2s1.COC(=O)c1cc2sc(N(C)Cc3cccnc3)cc2oc1=O. The largest absolute Gasteiger partial charge is 0.477 e. The fourth-order valence-corrected chi connectivity index (χ4v) is 9.23. The van der Waals surface area contributed by atoms with Crippen molar-refractivity contribution >= 4 is 131 Å². The number of carbonyl (C=O) groups excluding carboxylic acids is 2. The number of anilines is 3. The standard InChI is InChI=1S/C16H14N2O4S.C15H12N2O4S.C10H9NO4S.C6H6BrN.BrH/c1-18(9-10-4-3-5-17-8-10)14-7-12-13(23-14)6-11(15(19)21-2)16(20)22-12;1-17(8-9-3-2-4-16-7-9)13-6-11-12(22-13)5-10(14(18)19)15(20)21-11;1-11-8-4-6-7(16-8)3-5(9(12)14-2)10(13)15-6;7-4-6-2-1-3-8-5-6;/h3-8H,9H2,1-2H3;2-7H,8H2,1H3,(H,18,19);3-4,11H,1-2H3;1-3,5H,4H2;1H. The Kier molecular flexibility index (Phi) is 19.7. The third-order valence-corrected chi connectivity index (χ3v) is 13.5. The van der Waals surface area contributed by atoms with E-state index < -0.39 is 34.8 Å². The molecule has 9 heterocycles. The van der Waals surface area contributed by atoms with Gasteiger partial charge in [0.25, 0.3) is 0 Å². The van der Waals surface area contributed by atoms with E-state index in [1.54, 1.807) is 56.2 Å². The summed E-state index contributed by atoms with van der Waals surface area (Å²) in [5, 5.41) is 15.5. The third kappa shape index (κ3) is 14.0. The summed E-state index contributed by atoms with van der Waals surface area (Å²) in [6, 6.07) is 21.3. The molecule has 0 spiro atoms. The Morgan fingerprint density at radius 3 is 1.37 bits per heavy atom. The smallest absolute Gasteiger partial charge is 0.351 e. The van der Waals surface area contributed by atoms with Gasteiger partial charge in [-0.3, -0.25) is 15.0 Å². The molecule has 23 heteroatoms. The number of nitrogens with zero attached hydrogens (tertiary/aromatic N) is 5. The number of alkyl halides is 1. The predicted octanol–water partition coefficient (Wildman–Crippen LogP) is 9.49. The first-order valence-corrected chi connectivity index (χ1v) is 23.7. The lowest BCUT2D eigenvalue weighted by molar-refractivity contribution is 0.0587. The number of carboxylic acids is 1. The van der Waals surface area contributed by atoms with Crippen molar-refractivity contribution < 1.29 is 42.2 Å². The molecular formula is C47H42Br2N6O12S3.